The number of aliphatic hydroxyl groups excluding tert-OH is 1. The fourth-order valence-electron chi connectivity index (χ4n) is 4.53. The van der Waals surface area contributed by atoms with Gasteiger partial charge in [-0.05, 0) is 49.2 Å². The second kappa shape index (κ2) is 8.98. The van der Waals surface area contributed by atoms with Crippen molar-refractivity contribution in [1.82, 2.24) is 9.80 Å². The van der Waals surface area contributed by atoms with Gasteiger partial charge in [0.05, 0.1) is 30.9 Å². The van der Waals surface area contributed by atoms with Crippen molar-refractivity contribution in [2.24, 2.45) is 0 Å². The number of hydrogen-bond acceptors (Lipinski definition) is 5. The molecule has 2 aliphatic rings. The molecule has 0 unspecified atom stereocenters. The van der Waals surface area contributed by atoms with Crippen LogP contribution in [0.4, 0.5) is 0 Å². The smallest absolute Gasteiger partial charge is 0.261 e. The zero-order valence-electron chi connectivity index (χ0n) is 17.3. The normalized spacial score (nSPS) is 20.7. The van der Waals surface area contributed by atoms with Crippen molar-refractivity contribution in [3.05, 3.63) is 65.2 Å². The van der Waals surface area contributed by atoms with Gasteiger partial charge >= 0.3 is 0 Å². The number of likely N-dealkylation sites (tertiary alicyclic amines) is 1. The predicted octanol–water partition coefficient (Wildman–Crippen LogP) is 3.27. The molecule has 30 heavy (non-hydrogen) atoms. The Morgan fingerprint density at radius 1 is 0.967 bits per heavy atom. The van der Waals surface area contributed by atoms with Crippen LogP contribution in [0.15, 0.2) is 48.5 Å². The van der Waals surface area contributed by atoms with Crippen LogP contribution in [0, 0.1) is 0 Å². The fraction of sp³-hybridized carbons (Fsp3) is 0.417. The minimum Gasteiger partial charge on any atom is -0.497 e. The lowest BCUT2D eigenvalue weighted by Crippen LogP contribution is -2.43. The van der Waals surface area contributed by atoms with Crippen molar-refractivity contribution in [2.45, 2.75) is 37.8 Å². The Labute approximate surface area is 177 Å². The summed E-state index contributed by atoms with van der Waals surface area (Å²) in [6, 6.07) is 15.1. The van der Waals surface area contributed by atoms with Gasteiger partial charge in [-0.3, -0.25) is 19.4 Å². The standard InChI is InChI=1S/C24H28N2O4/c1-30-19-12-10-17(11-13-19)22-9-3-2-6-14-25(22)15-18(27)16-26-23(28)20-7-4-5-8-21(20)24(26)29/h4-5,7-8,10-13,18,22,27H,2-3,6,9,14-16H2,1H3/t18-,22-/m1/s1. The molecule has 2 heterocycles. The minimum absolute atomic E-state index is 0.0121. The van der Waals surface area contributed by atoms with Crippen molar-refractivity contribution < 1.29 is 19.4 Å². The number of rotatable bonds is 6. The quantitative estimate of drug-likeness (QED) is 0.743. The zero-order valence-corrected chi connectivity index (χ0v) is 17.3. The first-order chi connectivity index (χ1) is 14.6. The first-order valence-corrected chi connectivity index (χ1v) is 10.6. The molecule has 2 aromatic carbocycles. The molecule has 2 aromatic rings. The van der Waals surface area contributed by atoms with Gasteiger partial charge in [-0.2, -0.15) is 0 Å². The number of carbonyl (C=O) groups is 2. The van der Waals surface area contributed by atoms with Gasteiger partial charge in [-0.25, -0.2) is 0 Å². The lowest BCUT2D eigenvalue weighted by Gasteiger charge is -2.33. The summed E-state index contributed by atoms with van der Waals surface area (Å²) in [6.45, 7) is 1.32. The summed E-state index contributed by atoms with van der Waals surface area (Å²) in [5, 5.41) is 10.8. The molecule has 0 bridgehead atoms. The molecule has 0 aliphatic carbocycles. The first-order valence-electron chi connectivity index (χ1n) is 10.6. The lowest BCUT2D eigenvalue weighted by atomic mass is 10.0. The molecular weight excluding hydrogens is 380 g/mol. The van der Waals surface area contributed by atoms with Crippen LogP contribution in [0.3, 0.4) is 0 Å². The monoisotopic (exact) mass is 408 g/mol. The van der Waals surface area contributed by atoms with Crippen LogP contribution in [0.2, 0.25) is 0 Å². The van der Waals surface area contributed by atoms with E-state index in [0.29, 0.717) is 17.7 Å². The van der Waals surface area contributed by atoms with E-state index in [1.807, 2.05) is 12.1 Å². The maximum Gasteiger partial charge on any atom is 0.261 e. The summed E-state index contributed by atoms with van der Waals surface area (Å²) in [4.78, 5) is 28.7. The van der Waals surface area contributed by atoms with Crippen molar-refractivity contribution in [3.63, 3.8) is 0 Å². The summed E-state index contributed by atoms with van der Waals surface area (Å²) < 4.78 is 5.27. The molecule has 6 nitrogen and oxygen atoms in total. The summed E-state index contributed by atoms with van der Waals surface area (Å²) in [5.74, 6) is 0.180. The highest BCUT2D eigenvalue weighted by Crippen LogP contribution is 2.31. The Hall–Kier alpha value is -2.70. The Bertz CT molecular complexity index is 877. The van der Waals surface area contributed by atoms with E-state index in [1.165, 1.54) is 10.5 Å². The molecular formula is C24H28N2O4. The van der Waals surface area contributed by atoms with E-state index in [1.54, 1.807) is 31.4 Å². The first kappa shape index (κ1) is 20.6. The average Bonchev–Trinajstić information content (AvgIpc) is 2.92. The van der Waals surface area contributed by atoms with Crippen LogP contribution in [-0.2, 0) is 0 Å². The summed E-state index contributed by atoms with van der Waals surface area (Å²) >= 11 is 0. The van der Waals surface area contributed by atoms with Gasteiger partial charge in [-0.15, -0.1) is 0 Å². The van der Waals surface area contributed by atoms with Crippen LogP contribution < -0.4 is 4.74 Å². The Balaban J connectivity index is 1.46. The molecule has 1 fully saturated rings. The molecule has 158 valence electrons. The van der Waals surface area contributed by atoms with Gasteiger partial charge in [0.15, 0.2) is 0 Å². The highest BCUT2D eigenvalue weighted by molar-refractivity contribution is 6.21. The molecule has 0 saturated carbocycles. The SMILES string of the molecule is COc1ccc([C@H]2CCCCCN2C[C@@H](O)CN2C(=O)c3ccccc3C2=O)cc1. The van der Waals surface area contributed by atoms with Crippen LogP contribution >= 0.6 is 0 Å². The number of aliphatic hydroxyl groups is 1. The Morgan fingerprint density at radius 2 is 1.63 bits per heavy atom. The maximum atomic E-state index is 12.6. The van der Waals surface area contributed by atoms with E-state index in [-0.39, 0.29) is 24.4 Å². The van der Waals surface area contributed by atoms with Crippen molar-refractivity contribution in [1.29, 1.82) is 0 Å². The third-order valence-corrected chi connectivity index (χ3v) is 6.08. The van der Waals surface area contributed by atoms with Crippen molar-refractivity contribution >= 4 is 11.8 Å². The number of ether oxygens (including phenoxy) is 1. The highest BCUT2D eigenvalue weighted by atomic mass is 16.5. The zero-order chi connectivity index (χ0) is 21.1. The van der Waals surface area contributed by atoms with E-state index in [4.69, 9.17) is 4.74 Å². The number of imide groups is 1. The van der Waals surface area contributed by atoms with Gasteiger partial charge < -0.3 is 9.84 Å². The predicted molar refractivity (Wildman–Crippen MR) is 114 cm³/mol. The largest absolute Gasteiger partial charge is 0.497 e. The number of fused-ring (bicyclic) bond motifs is 1. The van der Waals surface area contributed by atoms with E-state index < -0.39 is 6.10 Å². The van der Waals surface area contributed by atoms with Crippen LogP contribution in [-0.4, -0.2) is 59.6 Å². The number of hydrogen-bond donors (Lipinski definition) is 1. The van der Waals surface area contributed by atoms with Gasteiger partial charge in [0.1, 0.15) is 5.75 Å². The molecule has 0 spiro atoms. The number of carbonyl (C=O) groups excluding carboxylic acids is 2. The maximum absolute atomic E-state index is 12.6. The molecule has 0 radical (unpaired) electrons. The highest BCUT2D eigenvalue weighted by Gasteiger charge is 2.36. The molecule has 6 heteroatoms. The molecule has 0 aromatic heterocycles. The Kier molecular flexibility index (Phi) is 6.16. The van der Waals surface area contributed by atoms with Gasteiger partial charge in [0, 0.05) is 12.6 Å². The topological polar surface area (TPSA) is 70.1 Å². The number of benzene rings is 2. The van der Waals surface area contributed by atoms with Gasteiger partial charge in [0.2, 0.25) is 0 Å². The molecule has 2 aliphatic heterocycles. The van der Waals surface area contributed by atoms with Crippen LogP contribution in [0.1, 0.15) is 58.0 Å². The average molecular weight is 408 g/mol. The molecule has 2 amide bonds. The molecule has 2 atom stereocenters. The number of β-amino-alcohol motifs (C(OH)–C–C–N with tert-alkyl or cyclic N) is 1. The van der Waals surface area contributed by atoms with Crippen LogP contribution in [0.5, 0.6) is 5.75 Å². The lowest BCUT2D eigenvalue weighted by molar-refractivity contribution is 0.0424. The minimum atomic E-state index is -0.800. The van der Waals surface area contributed by atoms with E-state index in [9.17, 15) is 14.7 Å². The molecule has 1 N–H and O–H groups in total. The number of amides is 2. The summed E-state index contributed by atoms with van der Waals surface area (Å²) in [5.41, 5.74) is 2.03. The van der Waals surface area contributed by atoms with E-state index in [0.717, 1.165) is 38.0 Å². The molecule has 4 rings (SSSR count). The second-order valence-corrected chi connectivity index (χ2v) is 8.05. The fourth-order valence-corrected chi connectivity index (χ4v) is 4.53. The van der Waals surface area contributed by atoms with Crippen LogP contribution in [0.25, 0.3) is 0 Å². The second-order valence-electron chi connectivity index (χ2n) is 8.05. The van der Waals surface area contributed by atoms with E-state index >= 15 is 0 Å². The number of nitrogens with zero attached hydrogens (tertiary/aromatic N) is 2. The summed E-state index contributed by atoms with van der Waals surface area (Å²) in [7, 11) is 1.66. The van der Waals surface area contributed by atoms with Crippen molar-refractivity contribution in [3.8, 4) is 5.75 Å². The van der Waals surface area contributed by atoms with E-state index in [2.05, 4.69) is 17.0 Å². The van der Waals surface area contributed by atoms with Gasteiger partial charge in [-0.1, -0.05) is 37.1 Å². The number of methoxy groups -OCH3 is 1. The Morgan fingerprint density at radius 3 is 2.27 bits per heavy atom. The summed E-state index contributed by atoms with van der Waals surface area (Å²) in [6.07, 6.45) is 3.60. The molecule has 1 saturated heterocycles. The third-order valence-electron chi connectivity index (χ3n) is 6.08. The van der Waals surface area contributed by atoms with Crippen molar-refractivity contribution in [2.75, 3.05) is 26.7 Å². The van der Waals surface area contributed by atoms with Gasteiger partial charge in [0.25, 0.3) is 11.8 Å². The third kappa shape index (κ3) is 4.11.